The van der Waals surface area contributed by atoms with E-state index < -0.39 is 6.09 Å². The Bertz CT molecular complexity index is 546. The Balaban J connectivity index is 1.94. The van der Waals surface area contributed by atoms with E-state index in [1.807, 2.05) is 30.3 Å². The molecule has 0 unspecified atom stereocenters. The Morgan fingerprint density at radius 2 is 1.89 bits per heavy atom. The number of halogens is 1. The van der Waals surface area contributed by atoms with Crippen LogP contribution in [0, 0.1) is 0 Å². The number of amides is 1. The van der Waals surface area contributed by atoms with Gasteiger partial charge in [0.15, 0.2) is 0 Å². The molecule has 0 N–H and O–H groups in total. The molecule has 2 aromatic rings. The molecule has 0 saturated heterocycles. The van der Waals surface area contributed by atoms with Gasteiger partial charge in [-0.1, -0.05) is 30.3 Å². The molecule has 1 heterocycles. The number of hydrogen-bond donors (Lipinski definition) is 0. The third kappa shape index (κ3) is 3.75. The van der Waals surface area contributed by atoms with Crippen molar-refractivity contribution < 1.29 is 9.53 Å². The number of carbonyl (C=O) groups is 1. The molecule has 0 bridgehead atoms. The molecule has 98 valence electrons. The van der Waals surface area contributed by atoms with Crippen LogP contribution in [0.5, 0.6) is 0 Å². The first-order chi connectivity index (χ1) is 9.16. The minimum atomic E-state index is -0.494. The fourth-order valence-electron chi connectivity index (χ4n) is 1.38. The van der Waals surface area contributed by atoms with Crippen LogP contribution in [-0.4, -0.2) is 23.1 Å². The summed E-state index contributed by atoms with van der Waals surface area (Å²) in [5, 5.41) is 0. The van der Waals surface area contributed by atoms with Gasteiger partial charge in [0.1, 0.15) is 6.61 Å². The lowest BCUT2D eigenvalue weighted by Crippen LogP contribution is -2.28. The highest BCUT2D eigenvalue weighted by Gasteiger charge is 2.14. The van der Waals surface area contributed by atoms with E-state index in [0.717, 1.165) is 10.0 Å². The summed E-state index contributed by atoms with van der Waals surface area (Å²) in [5.74, 6) is 0.293. The van der Waals surface area contributed by atoms with Gasteiger partial charge < -0.3 is 4.74 Å². The zero-order valence-electron chi connectivity index (χ0n) is 10.3. The number of nitrogens with zero attached hydrogens (tertiary/aromatic N) is 3. The minimum absolute atomic E-state index is 0.223. The average Bonchev–Trinajstić information content (AvgIpc) is 2.46. The van der Waals surface area contributed by atoms with Gasteiger partial charge in [-0.25, -0.2) is 19.7 Å². The molecule has 5 nitrogen and oxygen atoms in total. The van der Waals surface area contributed by atoms with Crippen LogP contribution < -0.4 is 4.90 Å². The smallest absolute Gasteiger partial charge is 0.416 e. The molecular formula is C13H12BrN3O2. The van der Waals surface area contributed by atoms with Crippen LogP contribution in [0.4, 0.5) is 10.7 Å². The van der Waals surface area contributed by atoms with Gasteiger partial charge in [-0.15, -0.1) is 0 Å². The van der Waals surface area contributed by atoms with Crippen molar-refractivity contribution in [3.8, 4) is 0 Å². The van der Waals surface area contributed by atoms with E-state index in [-0.39, 0.29) is 6.61 Å². The molecule has 1 amide bonds. The molecule has 19 heavy (non-hydrogen) atoms. The fraction of sp³-hybridized carbons (Fsp3) is 0.154. The quantitative estimate of drug-likeness (QED) is 0.872. The SMILES string of the molecule is CN(C(=O)OCc1ccccc1)c1ncc(Br)cn1. The molecule has 0 spiro atoms. The molecular weight excluding hydrogens is 310 g/mol. The number of rotatable bonds is 3. The van der Waals surface area contributed by atoms with Crippen LogP contribution in [-0.2, 0) is 11.3 Å². The van der Waals surface area contributed by atoms with Gasteiger partial charge in [0, 0.05) is 19.4 Å². The predicted octanol–water partition coefficient (Wildman–Crippen LogP) is 3.01. The number of anilines is 1. The van der Waals surface area contributed by atoms with E-state index in [4.69, 9.17) is 4.74 Å². The van der Waals surface area contributed by atoms with Crippen molar-refractivity contribution in [2.75, 3.05) is 11.9 Å². The summed E-state index contributed by atoms with van der Waals surface area (Å²) in [6.45, 7) is 0.223. The van der Waals surface area contributed by atoms with E-state index in [0.29, 0.717) is 5.95 Å². The van der Waals surface area contributed by atoms with E-state index in [2.05, 4.69) is 25.9 Å². The molecule has 1 aromatic carbocycles. The summed E-state index contributed by atoms with van der Waals surface area (Å²) < 4.78 is 5.92. The number of aromatic nitrogens is 2. The highest BCUT2D eigenvalue weighted by molar-refractivity contribution is 9.10. The Morgan fingerprint density at radius 3 is 2.53 bits per heavy atom. The van der Waals surface area contributed by atoms with Gasteiger partial charge in [0.2, 0.25) is 5.95 Å². The van der Waals surface area contributed by atoms with Gasteiger partial charge in [-0.3, -0.25) is 0 Å². The Kier molecular flexibility index (Phi) is 4.46. The number of carbonyl (C=O) groups excluding carboxylic acids is 1. The molecule has 0 atom stereocenters. The molecule has 0 aliphatic carbocycles. The average molecular weight is 322 g/mol. The van der Waals surface area contributed by atoms with Crippen molar-refractivity contribution in [3.63, 3.8) is 0 Å². The van der Waals surface area contributed by atoms with Crippen molar-refractivity contribution in [1.82, 2.24) is 9.97 Å². The van der Waals surface area contributed by atoms with Gasteiger partial charge in [-0.2, -0.15) is 0 Å². The maximum atomic E-state index is 11.8. The molecule has 0 aliphatic heterocycles. The van der Waals surface area contributed by atoms with Crippen molar-refractivity contribution in [3.05, 3.63) is 52.8 Å². The topological polar surface area (TPSA) is 55.3 Å². The van der Waals surface area contributed by atoms with E-state index in [9.17, 15) is 4.79 Å². The fourth-order valence-corrected chi connectivity index (χ4v) is 1.58. The number of hydrogen-bond acceptors (Lipinski definition) is 4. The normalized spacial score (nSPS) is 10.0. The first-order valence-electron chi connectivity index (χ1n) is 5.59. The monoisotopic (exact) mass is 321 g/mol. The van der Waals surface area contributed by atoms with Gasteiger partial charge in [0.05, 0.1) is 4.47 Å². The molecule has 6 heteroatoms. The summed E-state index contributed by atoms with van der Waals surface area (Å²) in [5.41, 5.74) is 0.931. The largest absolute Gasteiger partial charge is 0.444 e. The highest BCUT2D eigenvalue weighted by Crippen LogP contribution is 2.11. The summed E-state index contributed by atoms with van der Waals surface area (Å²) in [7, 11) is 1.57. The lowest BCUT2D eigenvalue weighted by molar-refractivity contribution is 0.148. The standard InChI is InChI=1S/C13H12BrN3O2/c1-17(12-15-7-11(14)8-16-12)13(18)19-9-10-5-3-2-4-6-10/h2-8H,9H2,1H3. The van der Waals surface area contributed by atoms with Gasteiger partial charge in [0.25, 0.3) is 0 Å². The first-order valence-corrected chi connectivity index (χ1v) is 6.38. The Hall–Kier alpha value is -1.95. The van der Waals surface area contributed by atoms with Crippen LogP contribution in [0.25, 0.3) is 0 Å². The van der Waals surface area contributed by atoms with Crippen LogP contribution in [0.2, 0.25) is 0 Å². The lowest BCUT2D eigenvalue weighted by atomic mass is 10.2. The molecule has 2 rings (SSSR count). The van der Waals surface area contributed by atoms with Crippen LogP contribution in [0.15, 0.2) is 47.2 Å². The first kappa shape index (κ1) is 13.5. The highest BCUT2D eigenvalue weighted by atomic mass is 79.9. The van der Waals surface area contributed by atoms with Gasteiger partial charge in [-0.05, 0) is 21.5 Å². The molecule has 0 saturated carbocycles. The summed E-state index contributed by atoms with van der Waals surface area (Å²) in [6, 6.07) is 9.48. The van der Waals surface area contributed by atoms with Crippen LogP contribution in [0.3, 0.4) is 0 Å². The zero-order chi connectivity index (χ0) is 13.7. The summed E-state index contributed by atoms with van der Waals surface area (Å²) in [6.07, 6.45) is 2.65. The van der Waals surface area contributed by atoms with Crippen molar-refractivity contribution in [2.24, 2.45) is 0 Å². The van der Waals surface area contributed by atoms with Crippen LogP contribution in [0.1, 0.15) is 5.56 Å². The third-order valence-electron chi connectivity index (χ3n) is 2.39. The molecule has 0 radical (unpaired) electrons. The number of ether oxygens (including phenoxy) is 1. The lowest BCUT2D eigenvalue weighted by Gasteiger charge is -2.14. The van der Waals surface area contributed by atoms with Crippen molar-refractivity contribution in [1.29, 1.82) is 0 Å². The maximum absolute atomic E-state index is 11.8. The summed E-state index contributed by atoms with van der Waals surface area (Å²) in [4.78, 5) is 21.1. The van der Waals surface area contributed by atoms with E-state index in [1.165, 1.54) is 4.90 Å². The van der Waals surface area contributed by atoms with Gasteiger partial charge >= 0.3 is 6.09 Å². The summed E-state index contributed by atoms with van der Waals surface area (Å²) >= 11 is 3.23. The Morgan fingerprint density at radius 1 is 1.26 bits per heavy atom. The second-order valence-electron chi connectivity index (χ2n) is 3.80. The van der Waals surface area contributed by atoms with E-state index in [1.54, 1.807) is 19.4 Å². The van der Waals surface area contributed by atoms with Crippen LogP contribution >= 0.6 is 15.9 Å². The zero-order valence-corrected chi connectivity index (χ0v) is 11.9. The van der Waals surface area contributed by atoms with Crippen molar-refractivity contribution in [2.45, 2.75) is 6.61 Å². The number of benzene rings is 1. The molecule has 0 aliphatic rings. The Labute approximate surface area is 119 Å². The third-order valence-corrected chi connectivity index (χ3v) is 2.80. The minimum Gasteiger partial charge on any atom is -0.444 e. The maximum Gasteiger partial charge on any atom is 0.416 e. The van der Waals surface area contributed by atoms with E-state index >= 15 is 0 Å². The van der Waals surface area contributed by atoms with Crippen molar-refractivity contribution >= 4 is 28.0 Å². The second kappa shape index (κ2) is 6.29. The second-order valence-corrected chi connectivity index (χ2v) is 4.72. The molecule has 1 aromatic heterocycles. The predicted molar refractivity (Wildman–Crippen MR) is 74.8 cm³/mol. The molecule has 0 fully saturated rings.